The molecule has 0 fully saturated rings. The largest absolute Gasteiger partial charge is 0.497 e. The van der Waals surface area contributed by atoms with Gasteiger partial charge >= 0.3 is 5.69 Å². The lowest BCUT2D eigenvalue weighted by Crippen LogP contribution is -2.01. The number of ether oxygens (including phenoxy) is 1. The van der Waals surface area contributed by atoms with Crippen LogP contribution in [0.5, 0.6) is 5.75 Å². The number of benzene rings is 1. The lowest BCUT2D eigenvalue weighted by molar-refractivity contribution is -0.384. The van der Waals surface area contributed by atoms with Crippen molar-refractivity contribution >= 4 is 17.7 Å². The van der Waals surface area contributed by atoms with E-state index in [0.29, 0.717) is 5.69 Å². The second-order valence-corrected chi connectivity index (χ2v) is 4.31. The van der Waals surface area contributed by atoms with Crippen LogP contribution in [0, 0.1) is 17.0 Å². The van der Waals surface area contributed by atoms with E-state index in [9.17, 15) is 10.1 Å². The highest BCUT2D eigenvalue weighted by Crippen LogP contribution is 2.27. The summed E-state index contributed by atoms with van der Waals surface area (Å²) in [4.78, 5) is 10.5. The summed E-state index contributed by atoms with van der Waals surface area (Å²) in [6.45, 7) is 1.58. The summed E-state index contributed by atoms with van der Waals surface area (Å²) in [6.07, 6.45) is 1.56. The molecule has 8 nitrogen and oxygen atoms in total. The Balaban J connectivity index is 2.15. The maximum Gasteiger partial charge on any atom is 0.335 e. The molecule has 0 unspecified atom stereocenters. The molecule has 2 rings (SSSR count). The molecule has 0 spiro atoms. The Bertz CT molecular complexity index is 676. The van der Waals surface area contributed by atoms with Crippen LogP contribution in [0.25, 0.3) is 0 Å². The molecule has 1 N–H and O–H groups in total. The summed E-state index contributed by atoms with van der Waals surface area (Å²) >= 11 is 0. The van der Waals surface area contributed by atoms with Crippen molar-refractivity contribution in [2.75, 3.05) is 12.5 Å². The third-order valence-corrected chi connectivity index (χ3v) is 2.87. The molecule has 0 aliphatic rings. The number of aryl methyl sites for hydroxylation is 2. The second kappa shape index (κ2) is 6.04. The zero-order valence-corrected chi connectivity index (χ0v) is 11.9. The minimum Gasteiger partial charge on any atom is -0.497 e. The second-order valence-electron chi connectivity index (χ2n) is 4.31. The van der Waals surface area contributed by atoms with E-state index in [1.165, 1.54) is 4.68 Å². The number of hydrazone groups is 1. The van der Waals surface area contributed by atoms with E-state index in [0.717, 1.165) is 11.3 Å². The number of nitrogens with zero attached hydrogens (tertiary/aromatic N) is 4. The van der Waals surface area contributed by atoms with E-state index >= 15 is 0 Å². The average Bonchev–Trinajstić information content (AvgIpc) is 2.74. The van der Waals surface area contributed by atoms with E-state index in [-0.39, 0.29) is 11.5 Å². The van der Waals surface area contributed by atoms with Crippen molar-refractivity contribution in [1.29, 1.82) is 0 Å². The van der Waals surface area contributed by atoms with E-state index < -0.39 is 4.92 Å². The fourth-order valence-corrected chi connectivity index (χ4v) is 1.85. The van der Waals surface area contributed by atoms with Gasteiger partial charge in [-0.3, -0.25) is 15.5 Å². The Morgan fingerprint density at radius 1 is 1.43 bits per heavy atom. The molecule has 110 valence electrons. The van der Waals surface area contributed by atoms with Crippen LogP contribution >= 0.6 is 0 Å². The Kier molecular flexibility index (Phi) is 4.17. The van der Waals surface area contributed by atoms with Crippen LogP contribution in [-0.2, 0) is 7.05 Å². The number of hydrogen-bond acceptors (Lipinski definition) is 6. The molecule has 21 heavy (non-hydrogen) atoms. The fourth-order valence-electron chi connectivity index (χ4n) is 1.85. The molecule has 0 saturated heterocycles. The number of hydrogen-bond donors (Lipinski definition) is 1. The SMILES string of the molecule is COc1ccc(C=NNc2c([N+](=O)[O-])c(C)nn2C)cc1. The van der Waals surface area contributed by atoms with Crippen molar-refractivity contribution in [3.05, 3.63) is 45.6 Å². The maximum atomic E-state index is 11.0. The molecule has 8 heteroatoms. The van der Waals surface area contributed by atoms with Gasteiger partial charge in [-0.2, -0.15) is 10.2 Å². The van der Waals surface area contributed by atoms with E-state index in [4.69, 9.17) is 4.74 Å². The van der Waals surface area contributed by atoms with Gasteiger partial charge in [-0.1, -0.05) is 0 Å². The molecule has 1 aromatic heterocycles. The van der Waals surface area contributed by atoms with Gasteiger partial charge in [0, 0.05) is 7.05 Å². The smallest absolute Gasteiger partial charge is 0.335 e. The third kappa shape index (κ3) is 3.16. The first kappa shape index (κ1) is 14.5. The zero-order valence-electron chi connectivity index (χ0n) is 11.9. The van der Waals surface area contributed by atoms with Gasteiger partial charge in [0.15, 0.2) is 0 Å². The van der Waals surface area contributed by atoms with Crippen molar-refractivity contribution < 1.29 is 9.66 Å². The maximum absolute atomic E-state index is 11.0. The molecule has 0 bridgehead atoms. The predicted molar refractivity (Wildman–Crippen MR) is 78.8 cm³/mol. The van der Waals surface area contributed by atoms with Gasteiger partial charge < -0.3 is 4.74 Å². The molecule has 1 aromatic carbocycles. The van der Waals surface area contributed by atoms with Gasteiger partial charge in [0.1, 0.15) is 11.4 Å². The Morgan fingerprint density at radius 3 is 2.67 bits per heavy atom. The average molecular weight is 289 g/mol. The molecule has 0 saturated carbocycles. The topological polar surface area (TPSA) is 94.6 Å². The minimum atomic E-state index is -0.479. The molecule has 1 heterocycles. The lowest BCUT2D eigenvalue weighted by Gasteiger charge is -2.01. The summed E-state index contributed by atoms with van der Waals surface area (Å²) < 4.78 is 6.44. The first-order valence-corrected chi connectivity index (χ1v) is 6.14. The Labute approximate surface area is 121 Å². The summed E-state index contributed by atoms with van der Waals surface area (Å²) in [5.74, 6) is 0.986. The first-order chi connectivity index (χ1) is 10.0. The quantitative estimate of drug-likeness (QED) is 0.516. The molecule has 0 amide bonds. The zero-order chi connectivity index (χ0) is 15.4. The van der Waals surface area contributed by atoms with Gasteiger partial charge in [-0.15, -0.1) is 0 Å². The van der Waals surface area contributed by atoms with Crippen LogP contribution in [0.4, 0.5) is 11.5 Å². The number of methoxy groups -OCH3 is 1. The summed E-state index contributed by atoms with van der Waals surface area (Å²) in [5.41, 5.74) is 3.75. The summed E-state index contributed by atoms with van der Waals surface area (Å²) in [7, 11) is 3.21. The number of nitrogens with one attached hydrogen (secondary N) is 1. The fraction of sp³-hybridized carbons (Fsp3) is 0.231. The number of aromatic nitrogens is 2. The van der Waals surface area contributed by atoms with Crippen molar-refractivity contribution in [3.63, 3.8) is 0 Å². The van der Waals surface area contributed by atoms with Crippen LogP contribution in [-0.4, -0.2) is 28.0 Å². The van der Waals surface area contributed by atoms with Crippen LogP contribution in [0.3, 0.4) is 0 Å². The molecular weight excluding hydrogens is 274 g/mol. The number of nitro groups is 1. The normalized spacial score (nSPS) is 10.8. The van der Waals surface area contributed by atoms with Crippen LogP contribution in [0.2, 0.25) is 0 Å². The highest BCUT2D eigenvalue weighted by molar-refractivity contribution is 5.80. The highest BCUT2D eigenvalue weighted by atomic mass is 16.6. The molecule has 0 aliphatic heterocycles. The van der Waals surface area contributed by atoms with Crippen LogP contribution in [0.1, 0.15) is 11.3 Å². The monoisotopic (exact) mass is 289 g/mol. The molecule has 0 radical (unpaired) electrons. The van der Waals surface area contributed by atoms with E-state index in [2.05, 4.69) is 15.6 Å². The minimum absolute atomic E-state index is 0.0793. The highest BCUT2D eigenvalue weighted by Gasteiger charge is 2.23. The predicted octanol–water partition coefficient (Wildman–Crippen LogP) is 2.09. The lowest BCUT2D eigenvalue weighted by atomic mass is 10.2. The third-order valence-electron chi connectivity index (χ3n) is 2.87. The van der Waals surface area contributed by atoms with Crippen molar-refractivity contribution in [2.24, 2.45) is 12.1 Å². The molecule has 0 atom stereocenters. The summed E-state index contributed by atoms with van der Waals surface area (Å²) in [6, 6.07) is 7.26. The Hall–Kier alpha value is -2.90. The molecule has 0 aliphatic carbocycles. The number of anilines is 1. The van der Waals surface area contributed by atoms with Crippen LogP contribution < -0.4 is 10.2 Å². The molecule has 2 aromatic rings. The van der Waals surface area contributed by atoms with E-state index in [1.54, 1.807) is 39.4 Å². The first-order valence-electron chi connectivity index (χ1n) is 6.14. The van der Waals surface area contributed by atoms with Gasteiger partial charge in [-0.25, -0.2) is 4.68 Å². The number of rotatable bonds is 5. The summed E-state index contributed by atoms with van der Waals surface area (Å²) in [5, 5.41) is 19.0. The van der Waals surface area contributed by atoms with Crippen molar-refractivity contribution in [3.8, 4) is 5.75 Å². The van der Waals surface area contributed by atoms with E-state index in [1.807, 2.05) is 12.1 Å². The van der Waals surface area contributed by atoms with Crippen molar-refractivity contribution in [1.82, 2.24) is 9.78 Å². The van der Waals surface area contributed by atoms with Gasteiger partial charge in [0.05, 0.1) is 18.2 Å². The van der Waals surface area contributed by atoms with Gasteiger partial charge in [0.25, 0.3) is 0 Å². The Morgan fingerprint density at radius 2 is 2.10 bits per heavy atom. The van der Waals surface area contributed by atoms with Gasteiger partial charge in [0.2, 0.25) is 5.82 Å². The standard InChI is InChI=1S/C13H15N5O3/c1-9-12(18(19)20)13(17(2)16-9)15-14-8-10-4-6-11(21-3)7-5-10/h4-8,15H,1-3H3. The van der Waals surface area contributed by atoms with Crippen molar-refractivity contribution in [2.45, 2.75) is 6.92 Å². The van der Waals surface area contributed by atoms with Gasteiger partial charge in [-0.05, 0) is 36.8 Å². The molecular formula is C13H15N5O3. The van der Waals surface area contributed by atoms with Crippen LogP contribution in [0.15, 0.2) is 29.4 Å².